The number of nitrogens with one attached hydrogen (secondary N) is 1. The van der Waals surface area contributed by atoms with Crippen molar-refractivity contribution in [1.29, 1.82) is 0 Å². The standard InChI is InChI=1S/C20H29NO4S/c1-24-17-3-4-18(25-2)19(10-17)26(22,23)21-6-5-20-11-14-7-15(12-20)9-16(8-14)13-20/h3-4,10,14-16,21H,5-9,11-13H2,1-2H3. The molecule has 6 heteroatoms. The van der Waals surface area contributed by atoms with Crippen molar-refractivity contribution in [3.8, 4) is 11.5 Å². The molecule has 0 heterocycles. The van der Waals surface area contributed by atoms with Gasteiger partial charge in [0.1, 0.15) is 16.4 Å². The summed E-state index contributed by atoms with van der Waals surface area (Å²) in [6.07, 6.45) is 9.06. The van der Waals surface area contributed by atoms with Crippen LogP contribution < -0.4 is 14.2 Å². The van der Waals surface area contributed by atoms with Crippen molar-refractivity contribution in [1.82, 2.24) is 4.72 Å². The summed E-state index contributed by atoms with van der Waals surface area (Å²) in [6.45, 7) is 0.495. The Labute approximate surface area is 156 Å². The van der Waals surface area contributed by atoms with E-state index in [4.69, 9.17) is 9.47 Å². The van der Waals surface area contributed by atoms with Gasteiger partial charge < -0.3 is 9.47 Å². The maximum atomic E-state index is 12.8. The van der Waals surface area contributed by atoms with Crippen LogP contribution in [0.4, 0.5) is 0 Å². The molecule has 1 aromatic rings. The zero-order valence-electron chi connectivity index (χ0n) is 15.7. The zero-order chi connectivity index (χ0) is 18.4. The van der Waals surface area contributed by atoms with Gasteiger partial charge >= 0.3 is 0 Å². The molecule has 1 N–H and O–H groups in total. The molecule has 5 nitrogen and oxygen atoms in total. The lowest BCUT2D eigenvalue weighted by Gasteiger charge is -2.57. The summed E-state index contributed by atoms with van der Waals surface area (Å²) in [7, 11) is -0.615. The second-order valence-corrected chi connectivity index (χ2v) is 10.3. The molecule has 4 aliphatic rings. The first-order valence-corrected chi connectivity index (χ1v) is 11.1. The maximum Gasteiger partial charge on any atom is 0.244 e. The quantitative estimate of drug-likeness (QED) is 0.786. The van der Waals surface area contributed by atoms with E-state index in [0.29, 0.717) is 23.5 Å². The molecule has 0 atom stereocenters. The average molecular weight is 380 g/mol. The van der Waals surface area contributed by atoms with Gasteiger partial charge in [-0.05, 0) is 80.2 Å². The van der Waals surface area contributed by atoms with E-state index in [-0.39, 0.29) is 4.90 Å². The van der Waals surface area contributed by atoms with Crippen LogP contribution in [-0.2, 0) is 10.0 Å². The fraction of sp³-hybridized carbons (Fsp3) is 0.700. The Kier molecular flexibility index (Phi) is 4.68. The maximum absolute atomic E-state index is 12.8. The minimum Gasteiger partial charge on any atom is -0.497 e. The van der Waals surface area contributed by atoms with E-state index in [2.05, 4.69) is 4.72 Å². The highest BCUT2D eigenvalue weighted by Crippen LogP contribution is 2.61. The predicted molar refractivity (Wildman–Crippen MR) is 100.0 cm³/mol. The van der Waals surface area contributed by atoms with Crippen LogP contribution in [0.15, 0.2) is 23.1 Å². The van der Waals surface area contributed by atoms with Crippen LogP contribution >= 0.6 is 0 Å². The predicted octanol–water partition coefficient (Wildman–Crippen LogP) is 3.59. The zero-order valence-corrected chi connectivity index (χ0v) is 16.5. The summed E-state index contributed by atoms with van der Waals surface area (Å²) in [5.41, 5.74) is 0.371. The van der Waals surface area contributed by atoms with E-state index in [1.54, 1.807) is 12.1 Å². The molecule has 0 aliphatic heterocycles. The molecule has 0 unspecified atom stereocenters. The summed E-state index contributed by atoms with van der Waals surface area (Å²) in [5, 5.41) is 0. The number of hydrogen-bond acceptors (Lipinski definition) is 4. The van der Waals surface area contributed by atoms with Crippen LogP contribution in [0.5, 0.6) is 11.5 Å². The second kappa shape index (κ2) is 6.71. The van der Waals surface area contributed by atoms with Gasteiger partial charge in [-0.2, -0.15) is 0 Å². The molecule has 4 bridgehead atoms. The Bertz CT molecular complexity index is 739. The van der Waals surface area contributed by atoms with Crippen LogP contribution in [0.2, 0.25) is 0 Å². The van der Waals surface area contributed by atoms with Crippen molar-refractivity contribution in [3.63, 3.8) is 0 Å². The molecule has 4 fully saturated rings. The van der Waals surface area contributed by atoms with Crippen LogP contribution in [0.25, 0.3) is 0 Å². The molecular weight excluding hydrogens is 350 g/mol. The number of ether oxygens (including phenoxy) is 2. The van der Waals surface area contributed by atoms with Crippen molar-refractivity contribution >= 4 is 10.0 Å². The fourth-order valence-electron chi connectivity index (χ4n) is 6.12. The average Bonchev–Trinajstić information content (AvgIpc) is 2.59. The second-order valence-electron chi connectivity index (χ2n) is 8.58. The van der Waals surface area contributed by atoms with Crippen molar-refractivity contribution in [2.24, 2.45) is 23.2 Å². The van der Waals surface area contributed by atoms with E-state index in [1.165, 1.54) is 58.8 Å². The van der Waals surface area contributed by atoms with Crippen LogP contribution in [0.3, 0.4) is 0 Å². The summed E-state index contributed by atoms with van der Waals surface area (Å²) in [5.74, 6) is 3.50. The summed E-state index contributed by atoms with van der Waals surface area (Å²) < 4.78 is 38.9. The van der Waals surface area contributed by atoms with E-state index in [0.717, 1.165) is 24.2 Å². The topological polar surface area (TPSA) is 64.6 Å². The minimum atomic E-state index is -3.62. The number of sulfonamides is 1. The molecule has 5 rings (SSSR count). The number of hydrogen-bond donors (Lipinski definition) is 1. The van der Waals surface area contributed by atoms with Crippen molar-refractivity contribution in [3.05, 3.63) is 18.2 Å². The molecule has 1 aromatic carbocycles. The van der Waals surface area contributed by atoms with Crippen molar-refractivity contribution < 1.29 is 17.9 Å². The van der Waals surface area contributed by atoms with E-state index < -0.39 is 10.0 Å². The third kappa shape index (κ3) is 3.33. The lowest BCUT2D eigenvalue weighted by atomic mass is 9.49. The SMILES string of the molecule is COc1ccc(OC)c(S(=O)(=O)NCCC23CC4CC(CC(C4)C2)C3)c1. The van der Waals surface area contributed by atoms with Gasteiger partial charge in [0.05, 0.1) is 14.2 Å². The summed E-state index contributed by atoms with van der Waals surface area (Å²) >= 11 is 0. The highest BCUT2D eigenvalue weighted by Gasteiger charge is 2.50. The smallest absolute Gasteiger partial charge is 0.244 e. The number of benzene rings is 1. The Balaban J connectivity index is 1.45. The van der Waals surface area contributed by atoms with Gasteiger partial charge in [-0.15, -0.1) is 0 Å². The summed E-state index contributed by atoms with van der Waals surface area (Å²) in [4.78, 5) is 0.143. The van der Waals surface area contributed by atoms with Crippen LogP contribution in [0, 0.1) is 23.2 Å². The van der Waals surface area contributed by atoms with Crippen LogP contribution in [-0.4, -0.2) is 29.2 Å². The monoisotopic (exact) mass is 379 g/mol. The highest BCUT2D eigenvalue weighted by atomic mass is 32.2. The lowest BCUT2D eigenvalue weighted by Crippen LogP contribution is -2.47. The van der Waals surface area contributed by atoms with E-state index in [9.17, 15) is 8.42 Å². The van der Waals surface area contributed by atoms with Gasteiger partial charge in [-0.1, -0.05) is 0 Å². The molecule has 4 aliphatic carbocycles. The van der Waals surface area contributed by atoms with Gasteiger partial charge in [0, 0.05) is 12.6 Å². The Morgan fingerprint density at radius 1 is 1.04 bits per heavy atom. The largest absolute Gasteiger partial charge is 0.497 e. The Morgan fingerprint density at radius 2 is 1.65 bits per heavy atom. The van der Waals surface area contributed by atoms with Gasteiger partial charge in [0.25, 0.3) is 0 Å². The van der Waals surface area contributed by atoms with Gasteiger partial charge in [0.15, 0.2) is 0 Å². The van der Waals surface area contributed by atoms with E-state index >= 15 is 0 Å². The number of methoxy groups -OCH3 is 2. The lowest BCUT2D eigenvalue weighted by molar-refractivity contribution is -0.0561. The van der Waals surface area contributed by atoms with Crippen molar-refractivity contribution in [2.75, 3.05) is 20.8 Å². The highest BCUT2D eigenvalue weighted by molar-refractivity contribution is 7.89. The first-order valence-electron chi connectivity index (χ1n) is 9.65. The molecule has 0 amide bonds. The summed E-state index contributed by atoms with van der Waals surface area (Å²) in [6, 6.07) is 4.85. The Hall–Kier alpha value is -1.27. The number of rotatable bonds is 7. The first kappa shape index (κ1) is 18.1. The van der Waals surface area contributed by atoms with E-state index in [1.807, 2.05) is 0 Å². The van der Waals surface area contributed by atoms with Crippen molar-refractivity contribution in [2.45, 2.75) is 49.8 Å². The minimum absolute atomic E-state index is 0.143. The first-order chi connectivity index (χ1) is 12.4. The molecule has 144 valence electrons. The third-order valence-corrected chi connectivity index (χ3v) is 8.26. The normalized spacial score (nSPS) is 32.6. The van der Waals surface area contributed by atoms with Crippen LogP contribution in [0.1, 0.15) is 44.9 Å². The molecular formula is C20H29NO4S. The molecule has 0 aromatic heterocycles. The molecule has 26 heavy (non-hydrogen) atoms. The molecule has 0 saturated heterocycles. The molecule has 0 radical (unpaired) electrons. The fourth-order valence-corrected chi connectivity index (χ4v) is 7.33. The Morgan fingerprint density at radius 3 is 2.19 bits per heavy atom. The van der Waals surface area contributed by atoms with Gasteiger partial charge in [-0.3, -0.25) is 0 Å². The molecule has 0 spiro atoms. The third-order valence-electron chi connectivity index (χ3n) is 6.77. The van der Waals surface area contributed by atoms with Gasteiger partial charge in [-0.25, -0.2) is 13.1 Å². The van der Waals surface area contributed by atoms with Gasteiger partial charge in [0.2, 0.25) is 10.0 Å². The molecule has 4 saturated carbocycles.